The molecule has 2 heterocycles. The van der Waals surface area contributed by atoms with Gasteiger partial charge >= 0.3 is 0 Å². The molecule has 0 bridgehead atoms. The number of hydrogen-bond donors (Lipinski definition) is 1. The summed E-state index contributed by atoms with van der Waals surface area (Å²) in [5.74, 6) is 1.12. The lowest BCUT2D eigenvalue weighted by Crippen LogP contribution is -2.32. The summed E-state index contributed by atoms with van der Waals surface area (Å²) in [5, 5.41) is 12.2. The Balaban J connectivity index is 1.57. The minimum absolute atomic E-state index is 0.00502. The molecule has 1 fully saturated rings. The van der Waals surface area contributed by atoms with Crippen molar-refractivity contribution in [2.24, 2.45) is 7.05 Å². The van der Waals surface area contributed by atoms with Crippen molar-refractivity contribution in [2.75, 3.05) is 18.9 Å². The van der Waals surface area contributed by atoms with Gasteiger partial charge in [0.1, 0.15) is 0 Å². The maximum atomic E-state index is 12.0. The van der Waals surface area contributed by atoms with E-state index in [0.717, 1.165) is 36.0 Å². The number of carbonyl (C=O) groups is 1. The third-order valence-corrected chi connectivity index (χ3v) is 5.75. The first-order valence-corrected chi connectivity index (χ1v) is 10.3. The molecular weight excluding hydrogens is 360 g/mol. The average Bonchev–Trinajstić information content (AvgIpc) is 3.27. The minimum Gasteiger partial charge on any atom is -0.376 e. The van der Waals surface area contributed by atoms with Crippen LogP contribution in [0.3, 0.4) is 0 Å². The van der Waals surface area contributed by atoms with E-state index in [1.165, 1.54) is 17.3 Å². The van der Waals surface area contributed by atoms with Crippen molar-refractivity contribution in [1.82, 2.24) is 20.1 Å². The Labute approximate surface area is 165 Å². The van der Waals surface area contributed by atoms with Gasteiger partial charge in [0.05, 0.1) is 11.9 Å². The number of benzene rings is 1. The maximum Gasteiger partial charge on any atom is 0.230 e. The molecule has 1 aromatic heterocycles. The fourth-order valence-electron chi connectivity index (χ4n) is 3.03. The summed E-state index contributed by atoms with van der Waals surface area (Å²) < 4.78 is 7.45. The summed E-state index contributed by atoms with van der Waals surface area (Å²) in [6.45, 7) is 7.98. The number of rotatable bonds is 6. The second-order valence-corrected chi connectivity index (χ2v) is 8.86. The van der Waals surface area contributed by atoms with E-state index in [4.69, 9.17) is 4.74 Å². The zero-order chi connectivity index (χ0) is 19.4. The molecule has 1 atom stereocenters. The van der Waals surface area contributed by atoms with E-state index in [1.807, 2.05) is 11.6 Å². The van der Waals surface area contributed by atoms with Gasteiger partial charge in [-0.05, 0) is 23.8 Å². The predicted molar refractivity (Wildman–Crippen MR) is 108 cm³/mol. The summed E-state index contributed by atoms with van der Waals surface area (Å²) in [4.78, 5) is 12.0. The third kappa shape index (κ3) is 5.11. The van der Waals surface area contributed by atoms with Crippen LogP contribution < -0.4 is 5.32 Å². The van der Waals surface area contributed by atoms with Crippen LogP contribution in [0.1, 0.15) is 39.2 Å². The van der Waals surface area contributed by atoms with Crippen LogP contribution in [-0.4, -0.2) is 45.7 Å². The second kappa shape index (κ2) is 8.44. The van der Waals surface area contributed by atoms with Gasteiger partial charge in [-0.2, -0.15) is 0 Å². The van der Waals surface area contributed by atoms with Crippen LogP contribution in [0.25, 0.3) is 11.4 Å². The summed E-state index contributed by atoms with van der Waals surface area (Å²) in [6.07, 6.45) is 2.26. The molecule has 1 saturated heterocycles. The van der Waals surface area contributed by atoms with E-state index < -0.39 is 0 Å². The van der Waals surface area contributed by atoms with Crippen LogP contribution in [0, 0.1) is 0 Å². The van der Waals surface area contributed by atoms with Gasteiger partial charge in [-0.15, -0.1) is 10.2 Å². The Kier molecular flexibility index (Phi) is 6.22. The van der Waals surface area contributed by atoms with Crippen LogP contribution in [0.4, 0.5) is 0 Å². The molecule has 0 radical (unpaired) electrons. The van der Waals surface area contributed by atoms with Gasteiger partial charge in [-0.25, -0.2) is 0 Å². The molecule has 146 valence electrons. The monoisotopic (exact) mass is 388 g/mol. The van der Waals surface area contributed by atoms with E-state index in [2.05, 4.69) is 60.6 Å². The standard InChI is InChI=1S/C20H28N4O2S/c1-20(2,3)15-9-7-14(8-10-15)18-22-23-19(24(18)4)27-13-17(25)21-12-16-6-5-11-26-16/h7-10,16H,5-6,11-13H2,1-4H3,(H,21,25). The van der Waals surface area contributed by atoms with Crippen molar-refractivity contribution >= 4 is 17.7 Å². The highest BCUT2D eigenvalue weighted by Gasteiger charge is 2.18. The first kappa shape index (κ1) is 19.9. The molecule has 1 unspecified atom stereocenters. The van der Waals surface area contributed by atoms with Gasteiger partial charge in [0.25, 0.3) is 0 Å². The van der Waals surface area contributed by atoms with Crippen LogP contribution in [0.5, 0.6) is 0 Å². The maximum absolute atomic E-state index is 12.0. The predicted octanol–water partition coefficient (Wildman–Crippen LogP) is 3.17. The molecule has 0 spiro atoms. The van der Waals surface area contributed by atoms with E-state index >= 15 is 0 Å². The molecule has 6 nitrogen and oxygen atoms in total. The highest BCUT2D eigenvalue weighted by atomic mass is 32.2. The fourth-order valence-corrected chi connectivity index (χ4v) is 3.77. The molecule has 0 aliphatic carbocycles. The summed E-state index contributed by atoms with van der Waals surface area (Å²) in [7, 11) is 1.93. The van der Waals surface area contributed by atoms with E-state index in [9.17, 15) is 4.79 Å². The van der Waals surface area contributed by atoms with Gasteiger partial charge in [0.15, 0.2) is 11.0 Å². The SMILES string of the molecule is Cn1c(SCC(=O)NCC2CCCO2)nnc1-c1ccc(C(C)(C)C)cc1. The van der Waals surface area contributed by atoms with Crippen LogP contribution >= 0.6 is 11.8 Å². The Morgan fingerprint density at radius 3 is 2.67 bits per heavy atom. The van der Waals surface area contributed by atoms with Gasteiger partial charge in [-0.3, -0.25) is 4.79 Å². The number of nitrogens with zero attached hydrogens (tertiary/aromatic N) is 3. The normalized spacial score (nSPS) is 17.3. The summed E-state index contributed by atoms with van der Waals surface area (Å²) >= 11 is 1.40. The number of nitrogens with one attached hydrogen (secondary N) is 1. The Morgan fingerprint density at radius 2 is 2.04 bits per heavy atom. The largest absolute Gasteiger partial charge is 0.376 e. The van der Waals surface area contributed by atoms with Crippen molar-refractivity contribution in [3.8, 4) is 11.4 Å². The van der Waals surface area contributed by atoms with E-state index in [1.54, 1.807) is 0 Å². The van der Waals surface area contributed by atoms with Gasteiger partial charge < -0.3 is 14.6 Å². The number of aromatic nitrogens is 3. The highest BCUT2D eigenvalue weighted by Crippen LogP contribution is 2.27. The Bertz CT molecular complexity index is 774. The van der Waals surface area contributed by atoms with Crippen LogP contribution in [0.15, 0.2) is 29.4 Å². The molecule has 1 aromatic carbocycles. The molecular formula is C20H28N4O2S. The van der Waals surface area contributed by atoms with Gasteiger partial charge in [0, 0.05) is 25.8 Å². The molecule has 2 aromatic rings. The smallest absolute Gasteiger partial charge is 0.230 e. The Morgan fingerprint density at radius 1 is 1.30 bits per heavy atom. The topological polar surface area (TPSA) is 69.0 Å². The molecule has 3 rings (SSSR count). The number of carbonyl (C=O) groups excluding carboxylic acids is 1. The molecule has 27 heavy (non-hydrogen) atoms. The lowest BCUT2D eigenvalue weighted by molar-refractivity contribution is -0.119. The molecule has 1 amide bonds. The summed E-state index contributed by atoms with van der Waals surface area (Å²) in [5.41, 5.74) is 2.43. The first-order chi connectivity index (χ1) is 12.8. The molecule has 1 aliphatic heterocycles. The zero-order valence-corrected chi connectivity index (χ0v) is 17.3. The lowest BCUT2D eigenvalue weighted by atomic mass is 9.87. The molecule has 1 N–H and O–H groups in total. The molecule has 0 saturated carbocycles. The van der Waals surface area contributed by atoms with Crippen molar-refractivity contribution in [3.63, 3.8) is 0 Å². The van der Waals surface area contributed by atoms with E-state index in [0.29, 0.717) is 12.3 Å². The zero-order valence-electron chi connectivity index (χ0n) is 16.5. The second-order valence-electron chi connectivity index (χ2n) is 7.92. The quantitative estimate of drug-likeness (QED) is 0.770. The van der Waals surface area contributed by atoms with Crippen LogP contribution in [0.2, 0.25) is 0 Å². The molecule has 7 heteroatoms. The van der Waals surface area contributed by atoms with Crippen molar-refractivity contribution in [2.45, 2.75) is 50.3 Å². The first-order valence-electron chi connectivity index (χ1n) is 9.36. The number of hydrogen-bond acceptors (Lipinski definition) is 5. The summed E-state index contributed by atoms with van der Waals surface area (Å²) in [6, 6.07) is 8.42. The highest BCUT2D eigenvalue weighted by molar-refractivity contribution is 7.99. The number of thioether (sulfide) groups is 1. The van der Waals surface area contributed by atoms with Crippen molar-refractivity contribution in [3.05, 3.63) is 29.8 Å². The van der Waals surface area contributed by atoms with Crippen molar-refractivity contribution < 1.29 is 9.53 Å². The van der Waals surface area contributed by atoms with E-state index in [-0.39, 0.29) is 17.4 Å². The molecule has 1 aliphatic rings. The Hall–Kier alpha value is -1.86. The lowest BCUT2D eigenvalue weighted by Gasteiger charge is -2.19. The fraction of sp³-hybridized carbons (Fsp3) is 0.550. The van der Waals surface area contributed by atoms with Gasteiger partial charge in [-0.1, -0.05) is 56.8 Å². The average molecular weight is 389 g/mol. The van der Waals surface area contributed by atoms with Crippen molar-refractivity contribution in [1.29, 1.82) is 0 Å². The van der Waals surface area contributed by atoms with Gasteiger partial charge in [0.2, 0.25) is 5.91 Å². The minimum atomic E-state index is -0.00502. The number of ether oxygens (including phenoxy) is 1. The number of amides is 1. The van der Waals surface area contributed by atoms with Crippen LogP contribution in [-0.2, 0) is 22.0 Å². The third-order valence-electron chi connectivity index (χ3n) is 4.73.